The molecule has 5 atom stereocenters. The zero-order chi connectivity index (χ0) is 26.3. The van der Waals surface area contributed by atoms with Gasteiger partial charge in [-0.2, -0.15) is 0 Å². The molecule has 0 spiro atoms. The number of fused-ring (bicyclic) bond motifs is 2. The SMILES string of the molecule is COc1ccccc1CNC(=O)CC1c2nc(NS(C)(=O)=O)sc2CC2C(C)(CO)C(O)CCC12C. The highest BCUT2D eigenvalue weighted by atomic mass is 32.2. The normalized spacial score (nSPS) is 29.7. The molecule has 2 aliphatic rings. The van der Waals surface area contributed by atoms with Gasteiger partial charge in [0.25, 0.3) is 0 Å². The summed E-state index contributed by atoms with van der Waals surface area (Å²) in [5.74, 6) is 0.139. The molecule has 4 rings (SSSR count). The van der Waals surface area contributed by atoms with Crippen LogP contribution in [0, 0.1) is 16.7 Å². The minimum atomic E-state index is -3.51. The molecule has 1 heterocycles. The molecule has 0 saturated heterocycles. The van der Waals surface area contributed by atoms with Gasteiger partial charge in [0.05, 0.1) is 31.8 Å². The molecule has 0 aliphatic heterocycles. The van der Waals surface area contributed by atoms with E-state index < -0.39 is 27.0 Å². The van der Waals surface area contributed by atoms with Crippen molar-refractivity contribution in [2.45, 2.75) is 58.1 Å². The largest absolute Gasteiger partial charge is 0.496 e. The quantitative estimate of drug-likeness (QED) is 0.406. The van der Waals surface area contributed by atoms with Crippen LogP contribution in [0.15, 0.2) is 24.3 Å². The van der Waals surface area contributed by atoms with Crippen LogP contribution >= 0.6 is 11.3 Å². The second kappa shape index (κ2) is 9.92. The average Bonchev–Trinajstić information content (AvgIpc) is 3.22. The summed E-state index contributed by atoms with van der Waals surface area (Å²) in [5, 5.41) is 24.5. The Kier molecular flexibility index (Phi) is 7.40. The molecule has 1 saturated carbocycles. The summed E-state index contributed by atoms with van der Waals surface area (Å²) in [6.07, 6.45) is 2.32. The van der Waals surface area contributed by atoms with E-state index in [1.807, 2.05) is 31.2 Å². The summed E-state index contributed by atoms with van der Waals surface area (Å²) in [4.78, 5) is 18.8. The number of thiazole rings is 1. The first-order chi connectivity index (χ1) is 16.9. The van der Waals surface area contributed by atoms with Crippen LogP contribution in [0.2, 0.25) is 0 Å². The number of aromatic nitrogens is 1. The summed E-state index contributed by atoms with van der Waals surface area (Å²) in [6, 6.07) is 7.50. The van der Waals surface area contributed by atoms with Gasteiger partial charge in [0, 0.05) is 34.7 Å². The lowest BCUT2D eigenvalue weighted by atomic mass is 9.47. The van der Waals surface area contributed by atoms with E-state index in [0.717, 1.165) is 22.4 Å². The van der Waals surface area contributed by atoms with Crippen molar-refractivity contribution in [1.82, 2.24) is 10.3 Å². The number of amides is 1. The number of nitrogens with zero attached hydrogens (tertiary/aromatic N) is 1. The number of anilines is 1. The molecule has 2 aromatic rings. The van der Waals surface area contributed by atoms with E-state index in [2.05, 4.69) is 21.9 Å². The molecule has 0 bridgehead atoms. The fourth-order valence-corrected chi connectivity index (χ4v) is 8.05. The number of hydrogen-bond acceptors (Lipinski definition) is 8. The van der Waals surface area contributed by atoms with E-state index in [1.165, 1.54) is 11.3 Å². The predicted molar refractivity (Wildman–Crippen MR) is 139 cm³/mol. The van der Waals surface area contributed by atoms with Crippen molar-refractivity contribution in [3.05, 3.63) is 40.4 Å². The number of rotatable bonds is 8. The zero-order valence-corrected chi connectivity index (χ0v) is 22.7. The van der Waals surface area contributed by atoms with Crippen molar-refractivity contribution in [3.8, 4) is 5.75 Å². The lowest BCUT2D eigenvalue weighted by Gasteiger charge is -2.58. The third-order valence-electron chi connectivity index (χ3n) is 8.22. The lowest BCUT2D eigenvalue weighted by molar-refractivity contribution is -0.144. The molecule has 9 nitrogen and oxygen atoms in total. The Morgan fingerprint density at radius 1 is 1.31 bits per heavy atom. The maximum Gasteiger partial charge on any atom is 0.231 e. The van der Waals surface area contributed by atoms with Gasteiger partial charge in [0.15, 0.2) is 5.13 Å². The Bertz CT molecular complexity index is 1230. The van der Waals surface area contributed by atoms with Crippen LogP contribution in [0.25, 0.3) is 0 Å². The zero-order valence-electron chi connectivity index (χ0n) is 21.1. The standard InChI is InChI=1S/C25H35N3O6S2/c1-24-10-9-20(30)25(2,14-29)19(24)12-18-22(27-23(35-18)28-36(4,32)33)16(24)11-21(31)26-13-15-7-5-6-8-17(15)34-3/h5-8,16,19-20,29-30H,9-14H2,1-4H3,(H,26,31)(H,27,28). The van der Waals surface area contributed by atoms with Gasteiger partial charge in [0.2, 0.25) is 15.9 Å². The summed E-state index contributed by atoms with van der Waals surface area (Å²) in [7, 11) is -1.93. The number of benzene rings is 1. The van der Waals surface area contributed by atoms with Gasteiger partial charge in [-0.05, 0) is 36.7 Å². The minimum absolute atomic E-state index is 0.107. The van der Waals surface area contributed by atoms with Gasteiger partial charge >= 0.3 is 0 Å². The summed E-state index contributed by atoms with van der Waals surface area (Å²) in [6.45, 7) is 4.15. The number of sulfonamides is 1. The van der Waals surface area contributed by atoms with Crippen LogP contribution in [-0.4, -0.2) is 55.6 Å². The van der Waals surface area contributed by atoms with Gasteiger partial charge in [-0.1, -0.05) is 32.0 Å². The van der Waals surface area contributed by atoms with E-state index in [0.29, 0.717) is 31.6 Å². The maximum absolute atomic E-state index is 13.3. The van der Waals surface area contributed by atoms with Gasteiger partial charge < -0.3 is 20.3 Å². The molecule has 36 heavy (non-hydrogen) atoms. The third-order valence-corrected chi connectivity index (χ3v) is 9.93. The molecule has 1 amide bonds. The topological polar surface area (TPSA) is 138 Å². The highest BCUT2D eigenvalue weighted by Gasteiger charge is 2.59. The highest BCUT2D eigenvalue weighted by molar-refractivity contribution is 7.92. The Morgan fingerprint density at radius 2 is 2.03 bits per heavy atom. The molecular formula is C25H35N3O6S2. The van der Waals surface area contributed by atoms with Crippen molar-refractivity contribution >= 4 is 32.4 Å². The number of aliphatic hydroxyl groups is 2. The van der Waals surface area contributed by atoms with E-state index >= 15 is 0 Å². The number of ether oxygens (including phenoxy) is 1. The fraction of sp³-hybridized carbons (Fsp3) is 0.600. The Labute approximate surface area is 216 Å². The fourth-order valence-electron chi connectivity index (χ4n) is 6.15. The molecule has 4 N–H and O–H groups in total. The van der Waals surface area contributed by atoms with Crippen molar-refractivity contribution < 1.29 is 28.2 Å². The van der Waals surface area contributed by atoms with Gasteiger partial charge in [-0.25, -0.2) is 13.4 Å². The predicted octanol–water partition coefficient (Wildman–Crippen LogP) is 2.65. The van der Waals surface area contributed by atoms with Crippen LogP contribution < -0.4 is 14.8 Å². The molecule has 198 valence electrons. The van der Waals surface area contributed by atoms with Crippen LogP contribution in [0.1, 0.15) is 55.2 Å². The molecule has 5 unspecified atom stereocenters. The van der Waals surface area contributed by atoms with E-state index in [-0.39, 0.29) is 35.9 Å². The number of carbonyl (C=O) groups excluding carboxylic acids is 1. The van der Waals surface area contributed by atoms with Gasteiger partial charge in [-0.15, -0.1) is 11.3 Å². The molecule has 1 aromatic heterocycles. The van der Waals surface area contributed by atoms with Crippen molar-refractivity contribution in [2.24, 2.45) is 16.7 Å². The van der Waals surface area contributed by atoms with Crippen molar-refractivity contribution in [3.63, 3.8) is 0 Å². The monoisotopic (exact) mass is 537 g/mol. The average molecular weight is 538 g/mol. The van der Waals surface area contributed by atoms with E-state index in [4.69, 9.17) is 4.74 Å². The van der Waals surface area contributed by atoms with Crippen LogP contribution in [0.4, 0.5) is 5.13 Å². The molecule has 1 fully saturated rings. The van der Waals surface area contributed by atoms with Crippen molar-refractivity contribution in [2.75, 3.05) is 24.7 Å². The Hall–Kier alpha value is -2.21. The molecular weight excluding hydrogens is 502 g/mol. The van der Waals surface area contributed by atoms with Gasteiger partial charge in [0.1, 0.15) is 5.75 Å². The third kappa shape index (κ3) is 4.98. The molecule has 2 aliphatic carbocycles. The maximum atomic E-state index is 13.3. The molecule has 0 radical (unpaired) electrons. The first kappa shape index (κ1) is 26.8. The summed E-state index contributed by atoms with van der Waals surface area (Å²) >= 11 is 1.26. The smallest absolute Gasteiger partial charge is 0.231 e. The van der Waals surface area contributed by atoms with Crippen LogP contribution in [0.3, 0.4) is 0 Å². The molecule has 1 aromatic carbocycles. The minimum Gasteiger partial charge on any atom is -0.496 e. The van der Waals surface area contributed by atoms with Crippen LogP contribution in [0.5, 0.6) is 5.75 Å². The first-order valence-electron chi connectivity index (χ1n) is 12.1. The molecule has 11 heteroatoms. The number of carbonyl (C=O) groups is 1. The number of nitrogens with one attached hydrogen (secondary N) is 2. The number of para-hydroxylation sites is 1. The van der Waals surface area contributed by atoms with Crippen LogP contribution in [-0.2, 0) is 27.8 Å². The number of hydrogen-bond donors (Lipinski definition) is 4. The second-order valence-corrected chi connectivity index (χ2v) is 13.4. The van der Waals surface area contributed by atoms with Gasteiger partial charge in [-0.3, -0.25) is 9.52 Å². The van der Waals surface area contributed by atoms with Crippen molar-refractivity contribution in [1.29, 1.82) is 0 Å². The number of methoxy groups -OCH3 is 1. The summed E-state index contributed by atoms with van der Waals surface area (Å²) in [5.41, 5.74) is 0.436. The summed E-state index contributed by atoms with van der Waals surface area (Å²) < 4.78 is 31.6. The lowest BCUT2D eigenvalue weighted by Crippen LogP contribution is -2.57. The first-order valence-corrected chi connectivity index (χ1v) is 14.8. The Morgan fingerprint density at radius 3 is 2.69 bits per heavy atom. The number of aliphatic hydroxyl groups excluding tert-OH is 2. The van der Waals surface area contributed by atoms with E-state index in [9.17, 15) is 23.4 Å². The Balaban J connectivity index is 1.66. The second-order valence-electron chi connectivity index (χ2n) is 10.5. The highest BCUT2D eigenvalue weighted by Crippen LogP contribution is 2.62. The van der Waals surface area contributed by atoms with E-state index in [1.54, 1.807) is 7.11 Å².